The van der Waals surface area contributed by atoms with Crippen molar-refractivity contribution in [2.24, 2.45) is 0 Å². The normalized spacial score (nSPS) is 12.1. The highest BCUT2D eigenvalue weighted by atomic mass is 32.1. The van der Waals surface area contributed by atoms with E-state index in [4.69, 9.17) is 9.47 Å². The maximum absolute atomic E-state index is 13.5. The van der Waals surface area contributed by atoms with E-state index >= 15 is 0 Å². The third-order valence-electron chi connectivity index (χ3n) is 5.87. The van der Waals surface area contributed by atoms with Crippen molar-refractivity contribution in [2.45, 2.75) is 32.7 Å². The Labute approximate surface area is 202 Å². The summed E-state index contributed by atoms with van der Waals surface area (Å²) in [5.41, 5.74) is 3.21. The number of methoxy groups -OCH3 is 2. The van der Waals surface area contributed by atoms with E-state index in [0.29, 0.717) is 33.3 Å². The number of amides is 1. The van der Waals surface area contributed by atoms with Gasteiger partial charge in [0.15, 0.2) is 0 Å². The Kier molecular flexibility index (Phi) is 6.70. The van der Waals surface area contributed by atoms with Crippen LogP contribution in [0.4, 0.5) is 5.69 Å². The van der Waals surface area contributed by atoms with Gasteiger partial charge in [0.2, 0.25) is 5.91 Å². The summed E-state index contributed by atoms with van der Waals surface area (Å²) in [7, 11) is 3.07. The molecule has 8 heteroatoms. The molecule has 0 saturated carbocycles. The van der Waals surface area contributed by atoms with Gasteiger partial charge in [0.25, 0.3) is 5.56 Å². The van der Waals surface area contributed by atoms with Crippen LogP contribution in [-0.4, -0.2) is 29.7 Å². The van der Waals surface area contributed by atoms with Gasteiger partial charge in [0, 0.05) is 17.0 Å². The lowest BCUT2D eigenvalue weighted by molar-refractivity contribution is -0.118. The zero-order valence-corrected chi connectivity index (χ0v) is 20.6. The Bertz CT molecular complexity index is 1390. The number of rotatable bonds is 7. The third kappa shape index (κ3) is 4.41. The molecule has 1 unspecified atom stereocenters. The van der Waals surface area contributed by atoms with Crippen molar-refractivity contribution in [3.63, 3.8) is 0 Å². The van der Waals surface area contributed by atoms with Crippen LogP contribution in [0.3, 0.4) is 0 Å². The fourth-order valence-corrected chi connectivity index (χ4v) is 4.66. The Balaban J connectivity index is 1.68. The van der Waals surface area contributed by atoms with E-state index in [9.17, 15) is 9.59 Å². The molecule has 1 amide bonds. The van der Waals surface area contributed by atoms with Crippen LogP contribution in [0.15, 0.2) is 59.0 Å². The molecule has 0 bridgehead atoms. The molecule has 176 valence electrons. The molecule has 7 nitrogen and oxygen atoms in total. The van der Waals surface area contributed by atoms with E-state index in [1.54, 1.807) is 32.2 Å². The summed E-state index contributed by atoms with van der Waals surface area (Å²) in [6, 6.07) is 12.5. The number of ether oxygens (including phenoxy) is 2. The fraction of sp³-hybridized carbons (Fsp3) is 0.269. The van der Waals surface area contributed by atoms with Crippen molar-refractivity contribution >= 4 is 33.1 Å². The second-order valence-corrected chi connectivity index (χ2v) is 9.15. The highest BCUT2D eigenvalue weighted by molar-refractivity contribution is 7.17. The van der Waals surface area contributed by atoms with E-state index in [2.05, 4.69) is 36.3 Å². The maximum Gasteiger partial charge on any atom is 0.263 e. The number of anilines is 1. The number of carbonyl (C=O) groups is 1. The number of carbonyl (C=O) groups excluding carboxylic acids is 1. The first-order valence-corrected chi connectivity index (χ1v) is 11.8. The number of thiophene rings is 1. The average molecular weight is 478 g/mol. The van der Waals surface area contributed by atoms with Crippen LogP contribution in [0.25, 0.3) is 21.3 Å². The van der Waals surface area contributed by atoms with Crippen LogP contribution in [0.2, 0.25) is 0 Å². The molecule has 4 rings (SSSR count). The minimum atomic E-state index is -0.795. The van der Waals surface area contributed by atoms with Gasteiger partial charge < -0.3 is 14.8 Å². The molecule has 0 aliphatic rings. The molecular weight excluding hydrogens is 450 g/mol. The Morgan fingerprint density at radius 2 is 1.79 bits per heavy atom. The van der Waals surface area contributed by atoms with Gasteiger partial charge in [-0.25, -0.2) is 4.98 Å². The van der Waals surface area contributed by atoms with Gasteiger partial charge in [0.05, 0.1) is 31.6 Å². The quantitative estimate of drug-likeness (QED) is 0.382. The number of fused-ring (bicyclic) bond motifs is 1. The first-order chi connectivity index (χ1) is 16.3. The molecule has 0 radical (unpaired) electrons. The molecule has 0 spiro atoms. The lowest BCUT2D eigenvalue weighted by Gasteiger charge is -2.17. The van der Waals surface area contributed by atoms with Crippen LogP contribution < -0.4 is 20.3 Å². The lowest BCUT2D eigenvalue weighted by Crippen LogP contribution is -2.31. The molecule has 1 atom stereocenters. The minimum absolute atomic E-state index is 0.255. The van der Waals surface area contributed by atoms with Gasteiger partial charge in [-0.3, -0.25) is 14.2 Å². The van der Waals surface area contributed by atoms with Crippen molar-refractivity contribution in [1.29, 1.82) is 0 Å². The lowest BCUT2D eigenvalue weighted by atomic mass is 9.99. The standard InChI is InChI=1S/C26H27N3O4S/c1-15(2)17-6-8-18(9-7-17)20-13-34-25-23(20)26(31)29(14-27-25)16(3)24(30)28-21-12-19(32-4)10-11-22(21)33-5/h6-16H,1-5H3,(H,28,30). The first-order valence-electron chi connectivity index (χ1n) is 11.0. The number of hydrogen-bond acceptors (Lipinski definition) is 6. The van der Waals surface area contributed by atoms with E-state index < -0.39 is 6.04 Å². The molecule has 0 aliphatic heterocycles. The summed E-state index contributed by atoms with van der Waals surface area (Å²) in [6.07, 6.45) is 1.43. The predicted molar refractivity (Wildman–Crippen MR) is 136 cm³/mol. The second kappa shape index (κ2) is 9.69. The van der Waals surface area contributed by atoms with Gasteiger partial charge in [-0.15, -0.1) is 11.3 Å². The number of aromatic nitrogens is 2. The smallest absolute Gasteiger partial charge is 0.263 e. The summed E-state index contributed by atoms with van der Waals surface area (Å²) in [5.74, 6) is 1.13. The predicted octanol–water partition coefficient (Wildman–Crippen LogP) is 5.47. The van der Waals surface area contributed by atoms with Crippen LogP contribution in [-0.2, 0) is 4.79 Å². The van der Waals surface area contributed by atoms with Crippen molar-refractivity contribution in [1.82, 2.24) is 9.55 Å². The Hall–Kier alpha value is -3.65. The van der Waals surface area contributed by atoms with E-state index in [1.165, 1.54) is 34.9 Å². The minimum Gasteiger partial charge on any atom is -0.497 e. The first kappa shape index (κ1) is 23.5. The summed E-state index contributed by atoms with van der Waals surface area (Å²) >= 11 is 1.42. The molecule has 0 saturated heterocycles. The molecule has 0 aliphatic carbocycles. The van der Waals surface area contributed by atoms with Crippen LogP contribution >= 0.6 is 11.3 Å². The molecule has 34 heavy (non-hydrogen) atoms. The van der Waals surface area contributed by atoms with Crippen molar-refractivity contribution in [2.75, 3.05) is 19.5 Å². The highest BCUT2D eigenvalue weighted by Gasteiger charge is 2.21. The van der Waals surface area contributed by atoms with Crippen LogP contribution in [0.1, 0.15) is 38.3 Å². The van der Waals surface area contributed by atoms with E-state index in [1.807, 2.05) is 17.5 Å². The summed E-state index contributed by atoms with van der Waals surface area (Å²) < 4.78 is 11.9. The SMILES string of the molecule is COc1ccc(OC)c(NC(=O)C(C)n2cnc3scc(-c4ccc(C(C)C)cc4)c3c2=O)c1. The molecule has 1 N–H and O–H groups in total. The number of benzene rings is 2. The monoisotopic (exact) mass is 477 g/mol. The fourth-order valence-electron chi connectivity index (χ4n) is 3.76. The van der Waals surface area contributed by atoms with Crippen molar-refractivity contribution in [3.8, 4) is 22.6 Å². The van der Waals surface area contributed by atoms with Gasteiger partial charge in [-0.2, -0.15) is 0 Å². The topological polar surface area (TPSA) is 82.4 Å². The van der Waals surface area contributed by atoms with Gasteiger partial charge in [-0.05, 0) is 36.1 Å². The van der Waals surface area contributed by atoms with E-state index in [0.717, 1.165) is 11.1 Å². The molecule has 4 aromatic rings. The van der Waals surface area contributed by atoms with Gasteiger partial charge >= 0.3 is 0 Å². The van der Waals surface area contributed by atoms with Crippen molar-refractivity contribution < 1.29 is 14.3 Å². The number of nitrogens with zero attached hydrogens (tertiary/aromatic N) is 2. The molecule has 2 aromatic heterocycles. The summed E-state index contributed by atoms with van der Waals surface area (Å²) in [6.45, 7) is 5.95. The largest absolute Gasteiger partial charge is 0.497 e. The zero-order chi connectivity index (χ0) is 24.4. The molecular formula is C26H27N3O4S. The molecule has 0 fully saturated rings. The summed E-state index contributed by atoms with van der Waals surface area (Å²) in [5, 5.41) is 5.30. The summed E-state index contributed by atoms with van der Waals surface area (Å²) in [4.78, 5) is 31.7. The van der Waals surface area contributed by atoms with Gasteiger partial charge in [0.1, 0.15) is 22.4 Å². The Morgan fingerprint density at radius 1 is 1.06 bits per heavy atom. The molecule has 2 heterocycles. The number of hydrogen-bond donors (Lipinski definition) is 1. The zero-order valence-electron chi connectivity index (χ0n) is 19.8. The second-order valence-electron chi connectivity index (χ2n) is 8.29. The maximum atomic E-state index is 13.5. The molecule has 2 aromatic carbocycles. The van der Waals surface area contributed by atoms with Gasteiger partial charge in [-0.1, -0.05) is 38.1 Å². The number of nitrogens with one attached hydrogen (secondary N) is 1. The van der Waals surface area contributed by atoms with Crippen molar-refractivity contribution in [3.05, 3.63) is 70.1 Å². The average Bonchev–Trinajstić information content (AvgIpc) is 3.29. The Morgan fingerprint density at radius 3 is 2.44 bits per heavy atom. The van der Waals surface area contributed by atoms with Crippen LogP contribution in [0, 0.1) is 0 Å². The van der Waals surface area contributed by atoms with E-state index in [-0.39, 0.29) is 11.5 Å². The third-order valence-corrected chi connectivity index (χ3v) is 6.76. The highest BCUT2D eigenvalue weighted by Crippen LogP contribution is 2.32. The van der Waals surface area contributed by atoms with Crippen LogP contribution in [0.5, 0.6) is 11.5 Å².